The molecule has 3 N–H and O–H groups in total. The highest BCUT2D eigenvalue weighted by atomic mass is 16.5. The summed E-state index contributed by atoms with van der Waals surface area (Å²) in [6.07, 6.45) is 6.19. The molecule has 0 saturated heterocycles. The van der Waals surface area contributed by atoms with Crippen LogP contribution in [0.2, 0.25) is 0 Å². The predicted molar refractivity (Wildman–Crippen MR) is 104 cm³/mol. The van der Waals surface area contributed by atoms with Gasteiger partial charge in [0.2, 0.25) is 5.91 Å². The number of rotatable bonds is 11. The molecule has 0 bridgehead atoms. The van der Waals surface area contributed by atoms with Gasteiger partial charge < -0.3 is 25.4 Å². The van der Waals surface area contributed by atoms with Crippen LogP contribution in [0.1, 0.15) is 18.9 Å². The number of ether oxygens (including phenoxy) is 2. The molecule has 0 spiro atoms. The lowest BCUT2D eigenvalue weighted by molar-refractivity contribution is -0.114. The van der Waals surface area contributed by atoms with Crippen molar-refractivity contribution in [1.29, 1.82) is 0 Å². The molecular formula is C19H28N4O3. The van der Waals surface area contributed by atoms with E-state index in [4.69, 9.17) is 15.9 Å². The molecule has 0 atom stereocenters. The Hall–Kier alpha value is -2.56. The highest BCUT2D eigenvalue weighted by Crippen LogP contribution is 2.09. The van der Waals surface area contributed by atoms with E-state index in [1.807, 2.05) is 6.92 Å². The standard InChI is InChI=1S/C19H28N4O3/c1-4-16-8-6-9-17(14-16)23-18(24)15-22-19(20-5-2)21-10-7-11-26-13-12-25-3/h1,6,8-9,14H,5,7,10-13,15H2,2-3H3,(H,23,24)(H2,20,21,22). The number of terminal acetylenes is 1. The average Bonchev–Trinajstić information content (AvgIpc) is 2.65. The first-order chi connectivity index (χ1) is 12.7. The van der Waals surface area contributed by atoms with Gasteiger partial charge in [-0.25, -0.2) is 4.99 Å². The van der Waals surface area contributed by atoms with Crippen LogP contribution in [0.25, 0.3) is 0 Å². The molecule has 0 unspecified atom stereocenters. The van der Waals surface area contributed by atoms with Crippen molar-refractivity contribution in [1.82, 2.24) is 10.6 Å². The molecule has 142 valence electrons. The van der Waals surface area contributed by atoms with Crippen LogP contribution in [-0.2, 0) is 14.3 Å². The van der Waals surface area contributed by atoms with Gasteiger partial charge >= 0.3 is 0 Å². The number of guanidine groups is 1. The van der Waals surface area contributed by atoms with E-state index in [0.29, 0.717) is 50.1 Å². The summed E-state index contributed by atoms with van der Waals surface area (Å²) < 4.78 is 10.3. The first-order valence-electron chi connectivity index (χ1n) is 8.65. The second-order valence-electron chi connectivity index (χ2n) is 5.35. The summed E-state index contributed by atoms with van der Waals surface area (Å²) in [7, 11) is 1.64. The van der Waals surface area contributed by atoms with Crippen LogP contribution in [0.4, 0.5) is 5.69 Å². The second kappa shape index (κ2) is 13.7. The number of amides is 1. The maximum Gasteiger partial charge on any atom is 0.246 e. The highest BCUT2D eigenvalue weighted by molar-refractivity contribution is 5.94. The van der Waals surface area contributed by atoms with E-state index in [2.05, 4.69) is 26.9 Å². The number of benzene rings is 1. The average molecular weight is 360 g/mol. The molecule has 1 aromatic rings. The Bertz CT molecular complexity index is 611. The van der Waals surface area contributed by atoms with Crippen LogP contribution in [0.15, 0.2) is 29.3 Å². The minimum absolute atomic E-state index is 0.0138. The third-order valence-electron chi connectivity index (χ3n) is 3.23. The number of carbonyl (C=O) groups is 1. The lowest BCUT2D eigenvalue weighted by atomic mass is 10.2. The minimum Gasteiger partial charge on any atom is -0.382 e. The number of nitrogens with zero attached hydrogens (tertiary/aromatic N) is 1. The molecule has 0 aromatic heterocycles. The Balaban J connectivity index is 2.37. The van der Waals surface area contributed by atoms with E-state index < -0.39 is 0 Å². The maximum absolute atomic E-state index is 12.0. The highest BCUT2D eigenvalue weighted by Gasteiger charge is 2.03. The topological polar surface area (TPSA) is 84.0 Å². The minimum atomic E-state index is -0.209. The van der Waals surface area contributed by atoms with E-state index in [9.17, 15) is 4.79 Å². The van der Waals surface area contributed by atoms with Gasteiger partial charge in [-0.3, -0.25) is 4.79 Å². The summed E-state index contributed by atoms with van der Waals surface area (Å²) in [5.74, 6) is 2.92. The molecule has 7 heteroatoms. The van der Waals surface area contributed by atoms with Gasteiger partial charge in [0.15, 0.2) is 5.96 Å². The zero-order chi connectivity index (χ0) is 19.0. The van der Waals surface area contributed by atoms with Gasteiger partial charge in [0.1, 0.15) is 6.54 Å². The fraction of sp³-hybridized carbons (Fsp3) is 0.474. The van der Waals surface area contributed by atoms with Crippen molar-refractivity contribution in [2.45, 2.75) is 13.3 Å². The fourth-order valence-corrected chi connectivity index (χ4v) is 2.01. The fourth-order valence-electron chi connectivity index (χ4n) is 2.01. The van der Waals surface area contributed by atoms with Crippen molar-refractivity contribution in [3.8, 4) is 12.3 Å². The lowest BCUT2D eigenvalue weighted by Crippen LogP contribution is -2.38. The van der Waals surface area contributed by atoms with Gasteiger partial charge in [-0.15, -0.1) is 6.42 Å². The summed E-state index contributed by atoms with van der Waals surface area (Å²) in [4.78, 5) is 16.3. The van der Waals surface area contributed by atoms with E-state index in [0.717, 1.165) is 6.42 Å². The van der Waals surface area contributed by atoms with Crippen LogP contribution >= 0.6 is 0 Å². The molecule has 0 aliphatic heterocycles. The van der Waals surface area contributed by atoms with Crippen molar-refractivity contribution in [2.75, 3.05) is 51.9 Å². The summed E-state index contributed by atoms with van der Waals surface area (Å²) in [5, 5.41) is 9.05. The molecule has 0 fully saturated rings. The van der Waals surface area contributed by atoms with Crippen molar-refractivity contribution < 1.29 is 14.3 Å². The Labute approximate surface area is 155 Å². The summed E-state index contributed by atoms with van der Waals surface area (Å²) in [6.45, 7) is 5.22. The third-order valence-corrected chi connectivity index (χ3v) is 3.23. The largest absolute Gasteiger partial charge is 0.382 e. The lowest BCUT2D eigenvalue weighted by Gasteiger charge is -2.11. The monoisotopic (exact) mass is 360 g/mol. The zero-order valence-corrected chi connectivity index (χ0v) is 15.5. The first-order valence-corrected chi connectivity index (χ1v) is 8.65. The van der Waals surface area contributed by atoms with Gasteiger partial charge in [-0.05, 0) is 31.5 Å². The van der Waals surface area contributed by atoms with Crippen LogP contribution in [0.3, 0.4) is 0 Å². The quantitative estimate of drug-likeness (QED) is 0.239. The van der Waals surface area contributed by atoms with Crippen molar-refractivity contribution in [3.05, 3.63) is 29.8 Å². The number of hydrogen-bond donors (Lipinski definition) is 3. The summed E-state index contributed by atoms with van der Waals surface area (Å²) >= 11 is 0. The van der Waals surface area contributed by atoms with E-state index in [1.165, 1.54) is 0 Å². The van der Waals surface area contributed by atoms with Crippen LogP contribution < -0.4 is 16.0 Å². The molecule has 0 saturated carbocycles. The van der Waals surface area contributed by atoms with Gasteiger partial charge in [-0.2, -0.15) is 0 Å². The number of carbonyl (C=O) groups excluding carboxylic acids is 1. The van der Waals surface area contributed by atoms with E-state index in [-0.39, 0.29) is 12.5 Å². The smallest absolute Gasteiger partial charge is 0.246 e. The maximum atomic E-state index is 12.0. The zero-order valence-electron chi connectivity index (χ0n) is 15.5. The van der Waals surface area contributed by atoms with Crippen molar-refractivity contribution in [2.24, 2.45) is 4.99 Å². The van der Waals surface area contributed by atoms with Gasteiger partial charge in [0.05, 0.1) is 13.2 Å². The van der Waals surface area contributed by atoms with Gasteiger partial charge in [-0.1, -0.05) is 12.0 Å². The molecule has 26 heavy (non-hydrogen) atoms. The van der Waals surface area contributed by atoms with E-state index >= 15 is 0 Å². The Morgan fingerprint density at radius 3 is 2.85 bits per heavy atom. The Morgan fingerprint density at radius 1 is 1.27 bits per heavy atom. The van der Waals surface area contributed by atoms with Gasteiger partial charge in [0, 0.05) is 38.1 Å². The molecule has 1 aromatic carbocycles. The van der Waals surface area contributed by atoms with Crippen LogP contribution in [0.5, 0.6) is 0 Å². The molecule has 0 heterocycles. The number of hydrogen-bond acceptors (Lipinski definition) is 4. The number of methoxy groups -OCH3 is 1. The van der Waals surface area contributed by atoms with Crippen molar-refractivity contribution >= 4 is 17.6 Å². The normalized spacial score (nSPS) is 10.9. The number of anilines is 1. The van der Waals surface area contributed by atoms with Gasteiger partial charge in [0.25, 0.3) is 0 Å². The molecule has 0 aliphatic carbocycles. The first kappa shape index (κ1) is 21.5. The van der Waals surface area contributed by atoms with Crippen LogP contribution in [0, 0.1) is 12.3 Å². The molecule has 7 nitrogen and oxygen atoms in total. The summed E-state index contributed by atoms with van der Waals surface area (Å²) in [5.41, 5.74) is 1.38. The predicted octanol–water partition coefficient (Wildman–Crippen LogP) is 1.21. The Kier molecular flexibility index (Phi) is 11.3. The number of nitrogens with one attached hydrogen (secondary N) is 3. The Morgan fingerprint density at radius 2 is 2.12 bits per heavy atom. The molecule has 1 rings (SSSR count). The molecule has 1 amide bonds. The number of aliphatic imine (C=N–C) groups is 1. The molecule has 0 aliphatic rings. The van der Waals surface area contributed by atoms with E-state index in [1.54, 1.807) is 31.4 Å². The molecular weight excluding hydrogens is 332 g/mol. The van der Waals surface area contributed by atoms with Crippen molar-refractivity contribution in [3.63, 3.8) is 0 Å². The van der Waals surface area contributed by atoms with Crippen LogP contribution in [-0.4, -0.2) is 58.4 Å². The second-order valence-corrected chi connectivity index (χ2v) is 5.35. The molecule has 0 radical (unpaired) electrons. The summed E-state index contributed by atoms with van der Waals surface area (Å²) in [6, 6.07) is 7.14. The SMILES string of the molecule is C#Cc1cccc(NC(=O)CN=C(NCC)NCCCOCCOC)c1. The third kappa shape index (κ3) is 9.67.